The Kier molecular flexibility index (Phi) is 2.63. The van der Waals surface area contributed by atoms with E-state index < -0.39 is 0 Å². The summed E-state index contributed by atoms with van der Waals surface area (Å²) in [7, 11) is 1.66. The summed E-state index contributed by atoms with van der Waals surface area (Å²) in [6, 6.07) is 7.81. The molecule has 0 heterocycles. The molecule has 0 aromatic heterocycles. The Bertz CT molecular complexity index is 170. The highest BCUT2D eigenvalue weighted by atomic mass is 32.2. The highest BCUT2D eigenvalue weighted by Crippen LogP contribution is 2.19. The second kappa shape index (κ2) is 3.52. The first-order valence-electron chi connectivity index (χ1n) is 2.93. The predicted octanol–water partition coefficient (Wildman–Crippen LogP) is 2.58. The van der Waals surface area contributed by atoms with Crippen LogP contribution >= 0.6 is 11.8 Å². The molecular weight excluding hydrogens is 144 g/mol. The van der Waals surface area contributed by atoms with Gasteiger partial charge in [-0.15, -0.1) is 11.8 Å². The Morgan fingerprint density at radius 2 is 1.90 bits per heavy atom. The van der Waals surface area contributed by atoms with Crippen LogP contribution in [0, 0.1) is 6.26 Å². The third-order valence-corrected chi connectivity index (χ3v) is 1.83. The number of methoxy groups -OCH3 is 1. The molecule has 0 amide bonds. The van der Waals surface area contributed by atoms with Gasteiger partial charge in [0.15, 0.2) is 0 Å². The number of ether oxygens (including phenoxy) is 1. The van der Waals surface area contributed by atoms with Crippen LogP contribution in [0.1, 0.15) is 0 Å². The van der Waals surface area contributed by atoms with Crippen LogP contribution in [0.15, 0.2) is 29.2 Å². The van der Waals surface area contributed by atoms with Gasteiger partial charge >= 0.3 is 0 Å². The first-order valence-corrected chi connectivity index (χ1v) is 3.91. The molecule has 1 radical (unpaired) electrons. The first kappa shape index (κ1) is 7.48. The Balaban J connectivity index is 2.80. The first-order chi connectivity index (χ1) is 4.86. The number of thioether (sulfide) groups is 1. The highest BCUT2D eigenvalue weighted by molar-refractivity contribution is 8.00. The molecule has 0 spiro atoms. The predicted molar refractivity (Wildman–Crippen MR) is 44.2 cm³/mol. The third-order valence-electron chi connectivity index (χ3n) is 1.23. The summed E-state index contributed by atoms with van der Waals surface area (Å²) in [6.45, 7) is 0. The summed E-state index contributed by atoms with van der Waals surface area (Å²) in [5, 5.41) is 0. The van der Waals surface area contributed by atoms with E-state index >= 15 is 0 Å². The minimum absolute atomic E-state index is 0.887. The third kappa shape index (κ3) is 1.67. The highest BCUT2D eigenvalue weighted by Gasteiger charge is 1.89. The van der Waals surface area contributed by atoms with Crippen molar-refractivity contribution in [2.24, 2.45) is 0 Å². The number of benzene rings is 1. The van der Waals surface area contributed by atoms with E-state index in [0.717, 1.165) is 10.6 Å². The van der Waals surface area contributed by atoms with Crippen LogP contribution in [-0.2, 0) is 0 Å². The quantitative estimate of drug-likeness (QED) is 0.604. The molecule has 1 rings (SSSR count). The van der Waals surface area contributed by atoms with E-state index in [1.165, 1.54) is 11.8 Å². The zero-order valence-corrected chi connectivity index (χ0v) is 6.65. The average molecular weight is 153 g/mol. The van der Waals surface area contributed by atoms with Gasteiger partial charge in [-0.05, 0) is 24.3 Å². The Morgan fingerprint density at radius 3 is 2.30 bits per heavy atom. The van der Waals surface area contributed by atoms with E-state index in [0.29, 0.717) is 0 Å². The fraction of sp³-hybridized carbons (Fsp3) is 0.125. The van der Waals surface area contributed by atoms with E-state index in [-0.39, 0.29) is 0 Å². The molecule has 0 aliphatic carbocycles. The van der Waals surface area contributed by atoms with Crippen LogP contribution in [0.3, 0.4) is 0 Å². The van der Waals surface area contributed by atoms with Crippen molar-refractivity contribution in [3.63, 3.8) is 0 Å². The van der Waals surface area contributed by atoms with Crippen molar-refractivity contribution in [1.82, 2.24) is 0 Å². The van der Waals surface area contributed by atoms with E-state index in [1.54, 1.807) is 7.11 Å². The van der Waals surface area contributed by atoms with E-state index in [2.05, 4.69) is 6.26 Å². The van der Waals surface area contributed by atoms with Crippen molar-refractivity contribution in [3.05, 3.63) is 30.5 Å². The molecule has 0 aliphatic heterocycles. The molecular formula is C8H9OS. The van der Waals surface area contributed by atoms with E-state index in [9.17, 15) is 0 Å². The summed E-state index contributed by atoms with van der Waals surface area (Å²) in [5.41, 5.74) is 0. The molecule has 0 N–H and O–H groups in total. The van der Waals surface area contributed by atoms with Crippen LogP contribution in [0.2, 0.25) is 0 Å². The molecule has 0 saturated carbocycles. The van der Waals surface area contributed by atoms with Crippen LogP contribution in [-0.4, -0.2) is 7.11 Å². The zero-order valence-electron chi connectivity index (χ0n) is 5.83. The van der Waals surface area contributed by atoms with Crippen molar-refractivity contribution < 1.29 is 4.74 Å². The monoisotopic (exact) mass is 153 g/mol. The fourth-order valence-corrected chi connectivity index (χ4v) is 1.00. The Morgan fingerprint density at radius 1 is 1.30 bits per heavy atom. The Labute approximate surface area is 65.4 Å². The van der Waals surface area contributed by atoms with E-state index in [4.69, 9.17) is 4.74 Å². The Hall–Kier alpha value is -0.630. The van der Waals surface area contributed by atoms with Gasteiger partial charge in [-0.2, -0.15) is 0 Å². The molecule has 0 fully saturated rings. The van der Waals surface area contributed by atoms with Gasteiger partial charge in [-0.1, -0.05) is 0 Å². The van der Waals surface area contributed by atoms with Crippen molar-refractivity contribution in [3.8, 4) is 5.75 Å². The number of hydrogen-bond donors (Lipinski definition) is 0. The van der Waals surface area contributed by atoms with Crippen LogP contribution in [0.4, 0.5) is 0 Å². The average Bonchev–Trinajstić information content (AvgIpc) is 2.05. The summed E-state index contributed by atoms with van der Waals surface area (Å²) in [5.74, 6) is 0.887. The summed E-state index contributed by atoms with van der Waals surface area (Å²) in [6.07, 6.45) is 3.69. The van der Waals surface area contributed by atoms with Crippen LogP contribution in [0.5, 0.6) is 5.75 Å². The van der Waals surface area contributed by atoms with Crippen molar-refractivity contribution in [1.29, 1.82) is 0 Å². The molecule has 53 valence electrons. The van der Waals surface area contributed by atoms with Crippen molar-refractivity contribution >= 4 is 11.8 Å². The lowest BCUT2D eigenvalue weighted by molar-refractivity contribution is 0.414. The minimum atomic E-state index is 0.887. The molecule has 1 aromatic carbocycles. The lowest BCUT2D eigenvalue weighted by Crippen LogP contribution is -1.80. The zero-order chi connectivity index (χ0) is 7.40. The lowest BCUT2D eigenvalue weighted by Gasteiger charge is -1.98. The maximum absolute atomic E-state index is 4.98. The molecule has 2 heteroatoms. The normalized spacial score (nSPS) is 9.40. The second-order valence-corrected chi connectivity index (χ2v) is 2.58. The molecule has 0 atom stereocenters. The summed E-state index contributed by atoms with van der Waals surface area (Å²) < 4.78 is 4.98. The maximum Gasteiger partial charge on any atom is 0.118 e. The SMILES string of the molecule is [CH2]Sc1ccc(OC)cc1. The maximum atomic E-state index is 4.98. The molecule has 0 unspecified atom stereocenters. The molecule has 0 bridgehead atoms. The molecule has 0 aliphatic rings. The van der Waals surface area contributed by atoms with Gasteiger partial charge in [0.25, 0.3) is 0 Å². The minimum Gasteiger partial charge on any atom is -0.497 e. The largest absolute Gasteiger partial charge is 0.497 e. The molecule has 10 heavy (non-hydrogen) atoms. The van der Waals surface area contributed by atoms with Crippen LogP contribution < -0.4 is 4.74 Å². The second-order valence-electron chi connectivity index (χ2n) is 1.82. The number of hydrogen-bond acceptors (Lipinski definition) is 2. The topological polar surface area (TPSA) is 9.23 Å². The standard InChI is InChI=1S/C8H9OS/c1-9-7-3-5-8(10-2)6-4-7/h3-6H,2H2,1H3. The number of rotatable bonds is 2. The van der Waals surface area contributed by atoms with E-state index in [1.807, 2.05) is 24.3 Å². The van der Waals surface area contributed by atoms with Crippen molar-refractivity contribution in [2.45, 2.75) is 4.90 Å². The van der Waals surface area contributed by atoms with Gasteiger partial charge in [0.1, 0.15) is 5.75 Å². The van der Waals surface area contributed by atoms with Gasteiger partial charge in [-0.25, -0.2) is 0 Å². The molecule has 1 aromatic rings. The smallest absolute Gasteiger partial charge is 0.118 e. The van der Waals surface area contributed by atoms with Gasteiger partial charge in [0.2, 0.25) is 0 Å². The van der Waals surface area contributed by atoms with Crippen LogP contribution in [0.25, 0.3) is 0 Å². The van der Waals surface area contributed by atoms with Gasteiger partial charge in [-0.3, -0.25) is 0 Å². The summed E-state index contributed by atoms with van der Waals surface area (Å²) in [4.78, 5) is 1.15. The van der Waals surface area contributed by atoms with Crippen molar-refractivity contribution in [2.75, 3.05) is 7.11 Å². The lowest BCUT2D eigenvalue weighted by atomic mass is 10.3. The molecule has 1 nitrogen and oxygen atoms in total. The van der Waals surface area contributed by atoms with Gasteiger partial charge in [0.05, 0.1) is 7.11 Å². The van der Waals surface area contributed by atoms with Gasteiger partial charge in [0, 0.05) is 11.2 Å². The summed E-state index contributed by atoms with van der Waals surface area (Å²) >= 11 is 1.48. The fourth-order valence-electron chi connectivity index (χ4n) is 0.672. The molecule has 0 saturated heterocycles. The van der Waals surface area contributed by atoms with Gasteiger partial charge < -0.3 is 4.74 Å².